The Kier molecular flexibility index (Phi) is 2.16. The minimum Gasteiger partial charge on any atom is -0.397 e. The summed E-state index contributed by atoms with van der Waals surface area (Å²) in [6.07, 6.45) is 1.33. The van der Waals surface area contributed by atoms with Crippen LogP contribution < -0.4 is 5.73 Å². The second kappa shape index (κ2) is 3.32. The van der Waals surface area contributed by atoms with E-state index < -0.39 is 0 Å². The van der Waals surface area contributed by atoms with E-state index in [1.807, 2.05) is 13.0 Å². The van der Waals surface area contributed by atoms with Crippen LogP contribution in [0, 0.1) is 6.92 Å². The number of rotatable bonds is 1. The van der Waals surface area contributed by atoms with Crippen molar-refractivity contribution in [2.45, 2.75) is 13.2 Å². The lowest BCUT2D eigenvalue weighted by molar-refractivity contribution is -0.0473. The van der Waals surface area contributed by atoms with E-state index in [1.54, 1.807) is 6.20 Å². The van der Waals surface area contributed by atoms with Gasteiger partial charge in [-0.25, -0.2) is 0 Å². The van der Waals surface area contributed by atoms with E-state index in [1.165, 1.54) is 0 Å². The third-order valence-electron chi connectivity index (χ3n) is 2.04. The molecule has 1 aromatic rings. The summed E-state index contributed by atoms with van der Waals surface area (Å²) >= 11 is 0. The SMILES string of the molecule is Cc1cc(C2OCCO2)ncc1N. The van der Waals surface area contributed by atoms with E-state index in [0.29, 0.717) is 18.9 Å². The highest BCUT2D eigenvalue weighted by atomic mass is 16.7. The maximum absolute atomic E-state index is 5.64. The predicted molar refractivity (Wildman–Crippen MR) is 48.0 cm³/mol. The summed E-state index contributed by atoms with van der Waals surface area (Å²) in [5, 5.41) is 0. The standard InChI is InChI=1S/C9H12N2O2/c1-6-4-8(11-5-7(6)10)9-12-2-3-13-9/h4-5,9H,2-3,10H2,1H3. The first kappa shape index (κ1) is 8.47. The summed E-state index contributed by atoms with van der Waals surface area (Å²) in [6.45, 7) is 3.21. The molecular weight excluding hydrogens is 168 g/mol. The molecule has 1 aliphatic heterocycles. The summed E-state index contributed by atoms with van der Waals surface area (Å²) < 4.78 is 10.6. The molecule has 1 aliphatic rings. The first-order valence-electron chi connectivity index (χ1n) is 4.22. The van der Waals surface area contributed by atoms with E-state index in [9.17, 15) is 0 Å². The zero-order chi connectivity index (χ0) is 9.26. The van der Waals surface area contributed by atoms with Gasteiger partial charge in [-0.2, -0.15) is 0 Å². The summed E-state index contributed by atoms with van der Waals surface area (Å²) in [5.41, 5.74) is 8.14. The van der Waals surface area contributed by atoms with Crippen molar-refractivity contribution in [1.29, 1.82) is 0 Å². The van der Waals surface area contributed by atoms with Crippen molar-refractivity contribution in [2.24, 2.45) is 0 Å². The number of nitrogen functional groups attached to an aromatic ring is 1. The summed E-state index contributed by atoms with van der Waals surface area (Å²) in [7, 11) is 0. The van der Waals surface area contributed by atoms with Crippen molar-refractivity contribution >= 4 is 5.69 Å². The molecule has 4 heteroatoms. The summed E-state index contributed by atoms with van der Waals surface area (Å²) in [5.74, 6) is 0. The molecule has 0 aliphatic carbocycles. The average Bonchev–Trinajstić information content (AvgIpc) is 2.62. The number of hydrogen-bond donors (Lipinski definition) is 1. The molecule has 0 amide bonds. The molecular formula is C9H12N2O2. The number of nitrogens with zero attached hydrogens (tertiary/aromatic N) is 1. The van der Waals surface area contributed by atoms with Crippen LogP contribution in [-0.4, -0.2) is 18.2 Å². The number of ether oxygens (including phenoxy) is 2. The minimum absolute atomic E-state index is 0.306. The van der Waals surface area contributed by atoms with E-state index in [4.69, 9.17) is 15.2 Å². The topological polar surface area (TPSA) is 57.4 Å². The normalized spacial score (nSPS) is 17.9. The van der Waals surface area contributed by atoms with Crippen molar-refractivity contribution in [3.05, 3.63) is 23.5 Å². The van der Waals surface area contributed by atoms with Gasteiger partial charge < -0.3 is 15.2 Å². The fraction of sp³-hybridized carbons (Fsp3) is 0.444. The Morgan fingerprint density at radius 1 is 1.46 bits per heavy atom. The molecule has 0 saturated carbocycles. The molecule has 1 aromatic heterocycles. The largest absolute Gasteiger partial charge is 0.397 e. The predicted octanol–water partition coefficient (Wildman–Crippen LogP) is 1.02. The third kappa shape index (κ3) is 1.64. The molecule has 2 N–H and O–H groups in total. The fourth-order valence-electron chi connectivity index (χ4n) is 1.25. The van der Waals surface area contributed by atoms with Gasteiger partial charge in [0.2, 0.25) is 6.29 Å². The van der Waals surface area contributed by atoms with Crippen molar-refractivity contribution in [3.8, 4) is 0 Å². The molecule has 0 radical (unpaired) electrons. The molecule has 13 heavy (non-hydrogen) atoms. The second-order valence-corrected chi connectivity index (χ2v) is 3.04. The number of aryl methyl sites for hydroxylation is 1. The van der Waals surface area contributed by atoms with Crippen molar-refractivity contribution in [3.63, 3.8) is 0 Å². The lowest BCUT2D eigenvalue weighted by atomic mass is 10.2. The van der Waals surface area contributed by atoms with Crippen LogP contribution in [0.2, 0.25) is 0 Å². The number of anilines is 1. The van der Waals surface area contributed by atoms with Gasteiger partial charge in [0.15, 0.2) is 0 Å². The van der Waals surface area contributed by atoms with E-state index in [-0.39, 0.29) is 6.29 Å². The van der Waals surface area contributed by atoms with Crippen LogP contribution in [0.15, 0.2) is 12.3 Å². The first-order chi connectivity index (χ1) is 6.27. The molecule has 0 unspecified atom stereocenters. The molecule has 1 saturated heterocycles. The van der Waals surface area contributed by atoms with E-state index in [0.717, 1.165) is 11.3 Å². The van der Waals surface area contributed by atoms with Gasteiger partial charge in [-0.05, 0) is 18.6 Å². The Morgan fingerprint density at radius 2 is 2.15 bits per heavy atom. The molecule has 0 bridgehead atoms. The van der Waals surface area contributed by atoms with Crippen LogP contribution in [0.5, 0.6) is 0 Å². The number of pyridine rings is 1. The maximum atomic E-state index is 5.64. The van der Waals surface area contributed by atoms with Crippen LogP contribution in [0.1, 0.15) is 17.5 Å². The van der Waals surface area contributed by atoms with Crippen molar-refractivity contribution in [1.82, 2.24) is 4.98 Å². The van der Waals surface area contributed by atoms with Gasteiger partial charge in [0.25, 0.3) is 0 Å². The van der Waals surface area contributed by atoms with E-state index >= 15 is 0 Å². The smallest absolute Gasteiger partial charge is 0.201 e. The molecule has 2 rings (SSSR count). The number of nitrogens with two attached hydrogens (primary N) is 1. The van der Waals surface area contributed by atoms with Crippen LogP contribution in [0.3, 0.4) is 0 Å². The lowest BCUT2D eigenvalue weighted by Gasteiger charge is -2.09. The Hall–Kier alpha value is -1.13. The fourth-order valence-corrected chi connectivity index (χ4v) is 1.25. The van der Waals surface area contributed by atoms with Crippen LogP contribution >= 0.6 is 0 Å². The Labute approximate surface area is 76.7 Å². The van der Waals surface area contributed by atoms with Crippen LogP contribution in [-0.2, 0) is 9.47 Å². The molecule has 1 fully saturated rings. The maximum Gasteiger partial charge on any atom is 0.201 e. The molecule has 0 aromatic carbocycles. The second-order valence-electron chi connectivity index (χ2n) is 3.04. The highest BCUT2D eigenvalue weighted by Crippen LogP contribution is 2.23. The molecule has 70 valence electrons. The molecule has 0 spiro atoms. The van der Waals surface area contributed by atoms with Gasteiger partial charge in [-0.3, -0.25) is 4.98 Å². The van der Waals surface area contributed by atoms with Gasteiger partial charge in [0, 0.05) is 0 Å². The van der Waals surface area contributed by atoms with Crippen molar-refractivity contribution in [2.75, 3.05) is 18.9 Å². The van der Waals surface area contributed by atoms with Gasteiger partial charge in [-0.15, -0.1) is 0 Å². The Balaban J connectivity index is 2.25. The van der Waals surface area contributed by atoms with Crippen LogP contribution in [0.25, 0.3) is 0 Å². The Bertz CT molecular complexity index is 308. The Morgan fingerprint density at radius 3 is 2.77 bits per heavy atom. The highest BCUT2D eigenvalue weighted by molar-refractivity contribution is 5.44. The minimum atomic E-state index is -0.306. The zero-order valence-electron chi connectivity index (χ0n) is 7.49. The monoisotopic (exact) mass is 180 g/mol. The highest BCUT2D eigenvalue weighted by Gasteiger charge is 2.19. The first-order valence-corrected chi connectivity index (χ1v) is 4.22. The summed E-state index contributed by atoms with van der Waals surface area (Å²) in [4.78, 5) is 4.15. The quantitative estimate of drug-likeness (QED) is 0.701. The van der Waals surface area contributed by atoms with Gasteiger partial charge >= 0.3 is 0 Å². The van der Waals surface area contributed by atoms with E-state index in [2.05, 4.69) is 4.98 Å². The van der Waals surface area contributed by atoms with Gasteiger partial charge in [0.1, 0.15) is 0 Å². The summed E-state index contributed by atoms with van der Waals surface area (Å²) in [6, 6.07) is 1.89. The van der Waals surface area contributed by atoms with Crippen molar-refractivity contribution < 1.29 is 9.47 Å². The number of hydrogen-bond acceptors (Lipinski definition) is 4. The average molecular weight is 180 g/mol. The molecule has 0 atom stereocenters. The van der Waals surface area contributed by atoms with Gasteiger partial charge in [0.05, 0.1) is 30.8 Å². The molecule has 4 nitrogen and oxygen atoms in total. The van der Waals surface area contributed by atoms with Gasteiger partial charge in [-0.1, -0.05) is 0 Å². The zero-order valence-corrected chi connectivity index (χ0v) is 7.49. The molecule has 2 heterocycles. The number of aromatic nitrogens is 1. The third-order valence-corrected chi connectivity index (χ3v) is 2.04. The lowest BCUT2D eigenvalue weighted by Crippen LogP contribution is -2.03. The van der Waals surface area contributed by atoms with Crippen LogP contribution in [0.4, 0.5) is 5.69 Å².